The molecule has 684 valence electrons. The monoisotopic (exact) mass is 1790 g/mol. The van der Waals surface area contributed by atoms with Crippen LogP contribution in [0.5, 0.6) is 69.0 Å². The summed E-state index contributed by atoms with van der Waals surface area (Å²) in [7, 11) is 9.17. The standard InChI is InChI=1S/C102H108N12O18/c1-121-79-31-43-103-85(61-79)97(115)109-37-13-49-127-91-67-19-7-20-68(91)56-70-22-9-24-72(93(70)129-51-15-39-111-99(117)87-63-81(123-3)33-45-105-87)58-74-26-11-28-76(95(74)131-53-17-41-113-101(119)89-65-83(125-5)35-47-107-89)60-78-30-12-29-77(96(78)132-54-18-42-114-102(120)90-66-84(126-6)36-48-108-90)59-75-27-10-25-73(94(75)130-52-16-40-112-100(118)88-64-82(124-4)34-46-106-88)57-71-23-8-21-69(55-67)92(71)128-50-14-38-110-98(116)86-62-80(122-2)32-44-104-86/h7-12,19-36,43-48,61-66H,13-18,37-42,49-60H2,1-6H3,(H,109,115)(H,110,116)(H,111,117)(H,112,118)(H,113,119)(H,114,120). The molecule has 1 aliphatic rings. The normalized spacial score (nSPS) is 11.5. The van der Waals surface area contributed by atoms with E-state index in [0.29, 0.717) is 146 Å². The molecule has 12 aromatic rings. The van der Waals surface area contributed by atoms with Crippen molar-refractivity contribution in [2.75, 3.05) is 122 Å². The quantitative estimate of drug-likeness (QED) is 0.0194. The van der Waals surface area contributed by atoms with Crippen LogP contribution in [0.3, 0.4) is 0 Å². The molecule has 0 atom stereocenters. The molecule has 6 aromatic heterocycles. The van der Waals surface area contributed by atoms with Gasteiger partial charge in [-0.15, -0.1) is 0 Å². The minimum absolute atomic E-state index is 0.174. The molecule has 6 amide bonds. The summed E-state index contributed by atoms with van der Waals surface area (Å²) in [6, 6.07) is 56.1. The zero-order valence-electron chi connectivity index (χ0n) is 74.8. The van der Waals surface area contributed by atoms with Crippen LogP contribution in [0, 0.1) is 0 Å². The van der Waals surface area contributed by atoms with Crippen molar-refractivity contribution in [3.63, 3.8) is 0 Å². The largest absolute Gasteiger partial charge is 0.497 e. The third-order valence-electron chi connectivity index (χ3n) is 21.7. The van der Waals surface area contributed by atoms with E-state index in [-0.39, 0.29) is 149 Å². The van der Waals surface area contributed by atoms with Gasteiger partial charge in [0.2, 0.25) is 0 Å². The van der Waals surface area contributed by atoms with Crippen molar-refractivity contribution < 1.29 is 85.6 Å². The highest BCUT2D eigenvalue weighted by Gasteiger charge is 2.26. The summed E-state index contributed by atoms with van der Waals surface area (Å²) in [4.78, 5) is 107. The van der Waals surface area contributed by atoms with Gasteiger partial charge in [0.15, 0.2) is 0 Å². The Morgan fingerprint density at radius 3 is 0.485 bits per heavy atom. The van der Waals surface area contributed by atoms with Crippen molar-refractivity contribution in [1.29, 1.82) is 0 Å². The van der Waals surface area contributed by atoms with E-state index in [1.165, 1.54) is 79.8 Å². The number of ether oxygens (including phenoxy) is 12. The molecular weight excluding hydrogens is 1680 g/mol. The summed E-state index contributed by atoms with van der Waals surface area (Å²) >= 11 is 0. The zero-order chi connectivity index (χ0) is 92.2. The van der Waals surface area contributed by atoms with Gasteiger partial charge >= 0.3 is 0 Å². The number of rotatable bonds is 42. The molecule has 13 rings (SSSR count). The molecule has 6 aromatic carbocycles. The van der Waals surface area contributed by atoms with Crippen molar-refractivity contribution >= 4 is 35.4 Å². The Balaban J connectivity index is 0.920. The van der Waals surface area contributed by atoms with E-state index in [1.807, 2.05) is 109 Å². The van der Waals surface area contributed by atoms with Gasteiger partial charge in [-0.2, -0.15) is 0 Å². The molecule has 0 saturated carbocycles. The van der Waals surface area contributed by atoms with Crippen LogP contribution in [-0.2, 0) is 38.5 Å². The number of pyridine rings is 6. The maximum Gasteiger partial charge on any atom is 0.270 e. The average Bonchev–Trinajstić information content (AvgIpc) is 0.791. The second-order valence-electron chi connectivity index (χ2n) is 30.7. The van der Waals surface area contributed by atoms with Gasteiger partial charge in [0.05, 0.1) is 82.3 Å². The number of benzene rings is 6. The number of aromatic nitrogens is 6. The number of fused-ring (bicyclic) bond motifs is 12. The third kappa shape index (κ3) is 26.4. The lowest BCUT2D eigenvalue weighted by atomic mass is 9.91. The van der Waals surface area contributed by atoms with E-state index < -0.39 is 0 Å². The van der Waals surface area contributed by atoms with Gasteiger partial charge in [0.25, 0.3) is 35.4 Å². The predicted octanol–water partition coefficient (Wildman–Crippen LogP) is 13.2. The van der Waals surface area contributed by atoms with Crippen molar-refractivity contribution in [3.8, 4) is 69.0 Å². The smallest absolute Gasteiger partial charge is 0.270 e. The van der Waals surface area contributed by atoms with Crippen LogP contribution in [0.2, 0.25) is 0 Å². The maximum absolute atomic E-state index is 13.6. The highest BCUT2D eigenvalue weighted by Crippen LogP contribution is 2.41. The number of hydrogen-bond acceptors (Lipinski definition) is 24. The average molecular weight is 1790 g/mol. The molecule has 30 nitrogen and oxygen atoms in total. The summed E-state index contributed by atoms with van der Waals surface area (Å²) in [5.41, 5.74) is 11.0. The van der Waals surface area contributed by atoms with Gasteiger partial charge in [-0.05, 0) is 142 Å². The molecule has 0 spiro atoms. The summed E-state index contributed by atoms with van der Waals surface area (Å²) in [6.07, 6.45) is 13.3. The molecule has 0 fully saturated rings. The summed E-state index contributed by atoms with van der Waals surface area (Å²) in [6.45, 7) is 2.50. The van der Waals surface area contributed by atoms with Crippen LogP contribution in [0.15, 0.2) is 219 Å². The van der Waals surface area contributed by atoms with Gasteiger partial charge < -0.3 is 88.7 Å². The number of amides is 6. The SMILES string of the molecule is COc1ccnc(C(=O)NCCCOc2c3cccc2Cc2cccc(c2OCCCNC(=O)c2cc(OC)ccn2)Cc2cccc(c2OCCCNC(=O)c2cc(OC)ccn2)Cc2cccc(c2OCCCNC(=O)c2cc(OC)ccn2)Cc2cccc(c2OCCCNC(=O)c2cc(OC)ccn2)Cc2cccc(c2OCCCNC(=O)c2cc(OC)ccn2)C3)c1. The van der Waals surface area contributed by atoms with Gasteiger partial charge in [0.1, 0.15) is 103 Å². The van der Waals surface area contributed by atoms with Gasteiger partial charge in [-0.3, -0.25) is 58.7 Å². The van der Waals surface area contributed by atoms with Crippen molar-refractivity contribution in [1.82, 2.24) is 61.8 Å². The third-order valence-corrected chi connectivity index (χ3v) is 21.7. The van der Waals surface area contributed by atoms with E-state index in [2.05, 4.69) is 61.8 Å². The number of methoxy groups -OCH3 is 6. The predicted molar refractivity (Wildman–Crippen MR) is 495 cm³/mol. The van der Waals surface area contributed by atoms with Gasteiger partial charge in [-0.25, -0.2) is 0 Å². The first-order valence-electron chi connectivity index (χ1n) is 43.8. The van der Waals surface area contributed by atoms with E-state index >= 15 is 0 Å². The van der Waals surface area contributed by atoms with E-state index in [0.717, 1.165) is 66.8 Å². The number of hydrogen-bond donors (Lipinski definition) is 6. The Kier molecular flexibility index (Phi) is 34.8. The zero-order valence-corrected chi connectivity index (χ0v) is 74.8. The fourth-order valence-electron chi connectivity index (χ4n) is 15.0. The molecule has 0 radical (unpaired) electrons. The molecule has 0 saturated heterocycles. The Morgan fingerprint density at radius 1 is 0.220 bits per heavy atom. The van der Waals surface area contributed by atoms with Crippen molar-refractivity contribution in [3.05, 3.63) is 320 Å². The van der Waals surface area contributed by atoms with Crippen LogP contribution in [0.25, 0.3) is 0 Å². The molecule has 12 bridgehead atoms. The lowest BCUT2D eigenvalue weighted by Gasteiger charge is -2.23. The first-order chi connectivity index (χ1) is 64.7. The minimum atomic E-state index is -0.374. The fourth-order valence-corrected chi connectivity index (χ4v) is 15.0. The minimum Gasteiger partial charge on any atom is -0.497 e. The molecule has 1 aliphatic carbocycles. The Morgan fingerprint density at radius 2 is 0.356 bits per heavy atom. The highest BCUT2D eigenvalue weighted by molar-refractivity contribution is 5.95. The molecule has 132 heavy (non-hydrogen) atoms. The van der Waals surface area contributed by atoms with Gasteiger partial charge in [-0.1, -0.05) is 109 Å². The first kappa shape index (κ1) is 94.3. The van der Waals surface area contributed by atoms with Crippen LogP contribution < -0.4 is 88.7 Å². The van der Waals surface area contributed by atoms with Crippen LogP contribution in [0.4, 0.5) is 0 Å². The summed E-state index contributed by atoms with van der Waals surface area (Å²) in [5.74, 6) is 4.31. The number of nitrogens with zero attached hydrogens (tertiary/aromatic N) is 6. The second kappa shape index (κ2) is 48.7. The Bertz CT molecular complexity index is 4910. The number of carbonyl (C=O) groups excluding carboxylic acids is 6. The van der Waals surface area contributed by atoms with Crippen LogP contribution in [-0.4, -0.2) is 187 Å². The number of nitrogens with one attached hydrogen (secondary N) is 6. The Labute approximate surface area is 766 Å². The Hall–Kier alpha value is -15.4. The molecule has 0 aliphatic heterocycles. The van der Waals surface area contributed by atoms with Crippen molar-refractivity contribution in [2.45, 2.75) is 77.0 Å². The molecular formula is C102H108N12O18. The molecule has 6 N–H and O–H groups in total. The maximum atomic E-state index is 13.6. The first-order valence-corrected chi connectivity index (χ1v) is 43.8. The lowest BCUT2D eigenvalue weighted by molar-refractivity contribution is 0.0938. The van der Waals surface area contributed by atoms with Crippen LogP contribution >= 0.6 is 0 Å². The number of para-hydroxylation sites is 6. The number of carbonyl (C=O) groups is 6. The van der Waals surface area contributed by atoms with E-state index in [1.54, 1.807) is 72.8 Å². The molecule has 0 unspecified atom stereocenters. The molecule has 30 heteroatoms. The highest BCUT2D eigenvalue weighted by atomic mass is 16.5. The van der Waals surface area contributed by atoms with Crippen molar-refractivity contribution in [2.24, 2.45) is 0 Å². The fraction of sp³-hybridized carbons (Fsp3) is 0.294. The lowest BCUT2D eigenvalue weighted by Crippen LogP contribution is -2.26. The summed E-state index contributed by atoms with van der Waals surface area (Å²) in [5, 5.41) is 18.0. The van der Waals surface area contributed by atoms with Crippen LogP contribution in [0.1, 0.15) is 168 Å². The van der Waals surface area contributed by atoms with E-state index in [4.69, 9.17) is 56.8 Å². The van der Waals surface area contributed by atoms with E-state index in [9.17, 15) is 28.8 Å². The topological polar surface area (TPSA) is 363 Å². The summed E-state index contributed by atoms with van der Waals surface area (Å²) < 4.78 is 75.2. The van der Waals surface area contributed by atoms with Gasteiger partial charge in [0, 0.05) is 151 Å². The second-order valence-corrected chi connectivity index (χ2v) is 30.7. The molecule has 6 heterocycles.